The fourth-order valence-electron chi connectivity index (χ4n) is 2.06. The number of ether oxygens (including phenoxy) is 1. The number of benzene rings is 1. The van der Waals surface area contributed by atoms with Crippen molar-refractivity contribution < 1.29 is 14.6 Å². The van der Waals surface area contributed by atoms with Crippen LogP contribution in [0.2, 0.25) is 0 Å². The van der Waals surface area contributed by atoms with E-state index in [1.54, 1.807) is 37.3 Å². The van der Waals surface area contributed by atoms with Gasteiger partial charge in [0.15, 0.2) is 0 Å². The third-order valence-electron chi connectivity index (χ3n) is 3.20. The predicted molar refractivity (Wildman–Crippen MR) is 88.6 cm³/mol. The van der Waals surface area contributed by atoms with Crippen LogP contribution in [0, 0.1) is 6.92 Å². The van der Waals surface area contributed by atoms with E-state index in [2.05, 4.69) is 10.1 Å². The molecule has 0 saturated heterocycles. The Morgan fingerprint density at radius 2 is 2.12 bits per heavy atom. The number of aryl methyl sites for hydroxylation is 1. The van der Waals surface area contributed by atoms with E-state index in [1.807, 2.05) is 5.38 Å². The number of carbonyl (C=O) groups is 1. The zero-order chi connectivity index (χ0) is 17.1. The molecule has 3 rings (SSSR count). The van der Waals surface area contributed by atoms with Gasteiger partial charge < -0.3 is 14.6 Å². The fraction of sp³-hybridized carbons (Fsp3) is 0.125. The van der Waals surface area contributed by atoms with Crippen molar-refractivity contribution in [2.24, 2.45) is 5.10 Å². The molecule has 0 aliphatic heterocycles. The van der Waals surface area contributed by atoms with Gasteiger partial charge in [-0.25, -0.2) is 4.98 Å². The van der Waals surface area contributed by atoms with E-state index in [0.717, 1.165) is 5.56 Å². The number of thiophene rings is 1. The van der Waals surface area contributed by atoms with Crippen LogP contribution in [0.15, 0.2) is 45.6 Å². The summed E-state index contributed by atoms with van der Waals surface area (Å²) in [6, 6.07) is 8.35. The van der Waals surface area contributed by atoms with Gasteiger partial charge in [0.05, 0.1) is 17.6 Å². The van der Waals surface area contributed by atoms with Crippen LogP contribution in [0.5, 0.6) is 5.75 Å². The van der Waals surface area contributed by atoms with Crippen molar-refractivity contribution >= 4 is 33.7 Å². The first-order chi connectivity index (χ1) is 11.5. The van der Waals surface area contributed by atoms with Gasteiger partial charge in [0.25, 0.3) is 5.56 Å². The van der Waals surface area contributed by atoms with Crippen LogP contribution in [-0.2, 0) is 4.79 Å². The number of carboxylic acid groups (broad SMARTS) is 1. The number of aliphatic carboxylic acids is 1. The standard InChI is InChI=1S/C16H13N3O4S/c1-10-18-15-13(6-7-24-15)16(22)19(10)17-8-11-2-4-12(5-3-11)23-9-14(20)21/h2-8H,9H2,1H3,(H,20,21)/p-1/b17-8-. The van der Waals surface area contributed by atoms with E-state index < -0.39 is 12.6 Å². The highest BCUT2D eigenvalue weighted by Crippen LogP contribution is 2.15. The number of fused-ring (bicyclic) bond motifs is 1. The molecule has 0 N–H and O–H groups in total. The minimum absolute atomic E-state index is 0.219. The Labute approximate surface area is 140 Å². The maximum absolute atomic E-state index is 12.4. The monoisotopic (exact) mass is 342 g/mol. The minimum Gasteiger partial charge on any atom is -0.546 e. The SMILES string of the molecule is Cc1nc2sccc2c(=O)n1/N=C\c1ccc(OCC(=O)[O-])cc1. The molecule has 0 aliphatic rings. The van der Waals surface area contributed by atoms with E-state index in [4.69, 9.17) is 4.74 Å². The number of carboxylic acids is 1. The third-order valence-corrected chi connectivity index (χ3v) is 4.00. The molecule has 7 nitrogen and oxygen atoms in total. The first-order valence-corrected chi connectivity index (χ1v) is 7.86. The van der Waals surface area contributed by atoms with Crippen molar-refractivity contribution in [3.8, 4) is 5.75 Å². The summed E-state index contributed by atoms with van der Waals surface area (Å²) < 4.78 is 6.24. The van der Waals surface area contributed by atoms with Crippen LogP contribution in [0.3, 0.4) is 0 Å². The zero-order valence-electron chi connectivity index (χ0n) is 12.6. The topological polar surface area (TPSA) is 96.6 Å². The molecule has 0 amide bonds. The molecule has 0 atom stereocenters. The summed E-state index contributed by atoms with van der Waals surface area (Å²) >= 11 is 1.41. The molecule has 1 aromatic carbocycles. The summed E-state index contributed by atoms with van der Waals surface area (Å²) in [5.41, 5.74) is 0.511. The van der Waals surface area contributed by atoms with Crippen LogP contribution >= 0.6 is 11.3 Å². The lowest BCUT2D eigenvalue weighted by molar-refractivity contribution is -0.307. The van der Waals surface area contributed by atoms with Crippen molar-refractivity contribution in [2.75, 3.05) is 6.61 Å². The fourth-order valence-corrected chi connectivity index (χ4v) is 2.86. The summed E-state index contributed by atoms with van der Waals surface area (Å²) in [6.07, 6.45) is 1.52. The van der Waals surface area contributed by atoms with Gasteiger partial charge in [0.1, 0.15) is 23.0 Å². The number of rotatable bonds is 5. The summed E-state index contributed by atoms with van der Waals surface area (Å²) in [4.78, 5) is 27.8. The van der Waals surface area contributed by atoms with Gasteiger partial charge in [-0.1, -0.05) is 0 Å². The van der Waals surface area contributed by atoms with Crippen LogP contribution in [-0.4, -0.2) is 28.5 Å². The third kappa shape index (κ3) is 3.33. The van der Waals surface area contributed by atoms with Crippen LogP contribution in [0.1, 0.15) is 11.4 Å². The highest BCUT2D eigenvalue weighted by molar-refractivity contribution is 7.16. The molecule has 2 heterocycles. The van der Waals surface area contributed by atoms with Crippen molar-refractivity contribution in [3.63, 3.8) is 0 Å². The molecule has 0 unspecified atom stereocenters. The molecule has 24 heavy (non-hydrogen) atoms. The Bertz CT molecular complexity index is 973. The number of hydrogen-bond acceptors (Lipinski definition) is 7. The summed E-state index contributed by atoms with van der Waals surface area (Å²) in [5.74, 6) is -0.377. The predicted octanol–water partition coefficient (Wildman–Crippen LogP) is 0.777. The molecule has 122 valence electrons. The number of hydrogen-bond donors (Lipinski definition) is 0. The Morgan fingerprint density at radius 3 is 2.83 bits per heavy atom. The van der Waals surface area contributed by atoms with E-state index in [-0.39, 0.29) is 5.56 Å². The second-order valence-corrected chi connectivity index (χ2v) is 5.78. The first-order valence-electron chi connectivity index (χ1n) is 6.98. The van der Waals surface area contributed by atoms with Gasteiger partial charge in [-0.2, -0.15) is 9.78 Å². The van der Waals surface area contributed by atoms with E-state index >= 15 is 0 Å². The summed E-state index contributed by atoms with van der Waals surface area (Å²) in [6.45, 7) is 1.21. The lowest BCUT2D eigenvalue weighted by atomic mass is 10.2. The number of aromatic nitrogens is 2. The number of nitrogens with zero attached hydrogens (tertiary/aromatic N) is 3. The second kappa shape index (κ2) is 6.63. The zero-order valence-corrected chi connectivity index (χ0v) is 13.4. The second-order valence-electron chi connectivity index (χ2n) is 4.89. The Morgan fingerprint density at radius 1 is 1.38 bits per heavy atom. The Hall–Kier alpha value is -3.00. The van der Waals surface area contributed by atoms with E-state index in [1.165, 1.54) is 22.2 Å². The van der Waals surface area contributed by atoms with Crippen LogP contribution in [0.25, 0.3) is 10.2 Å². The lowest BCUT2D eigenvalue weighted by Gasteiger charge is -2.06. The maximum atomic E-state index is 12.4. The molecule has 0 saturated carbocycles. The Kier molecular flexibility index (Phi) is 4.39. The average molecular weight is 342 g/mol. The van der Waals surface area contributed by atoms with Gasteiger partial charge in [-0.3, -0.25) is 4.79 Å². The molecular weight excluding hydrogens is 330 g/mol. The quantitative estimate of drug-likeness (QED) is 0.638. The van der Waals surface area contributed by atoms with Crippen molar-refractivity contribution in [2.45, 2.75) is 6.92 Å². The van der Waals surface area contributed by atoms with Gasteiger partial charge >= 0.3 is 0 Å². The lowest BCUT2D eigenvalue weighted by Crippen LogP contribution is -2.28. The molecule has 0 aliphatic carbocycles. The normalized spacial score (nSPS) is 11.2. The maximum Gasteiger partial charge on any atom is 0.282 e. The van der Waals surface area contributed by atoms with Crippen molar-refractivity contribution in [1.29, 1.82) is 0 Å². The van der Waals surface area contributed by atoms with Gasteiger partial charge in [0, 0.05) is 0 Å². The van der Waals surface area contributed by atoms with Crippen LogP contribution in [0.4, 0.5) is 0 Å². The largest absolute Gasteiger partial charge is 0.546 e. The summed E-state index contributed by atoms with van der Waals surface area (Å²) in [5, 5.41) is 16.9. The van der Waals surface area contributed by atoms with Crippen molar-refractivity contribution in [3.05, 3.63) is 57.5 Å². The molecule has 0 bridgehead atoms. The Balaban J connectivity index is 1.83. The van der Waals surface area contributed by atoms with E-state index in [9.17, 15) is 14.7 Å². The van der Waals surface area contributed by atoms with Gasteiger partial charge in [-0.15, -0.1) is 11.3 Å². The van der Waals surface area contributed by atoms with E-state index in [0.29, 0.717) is 21.8 Å². The summed E-state index contributed by atoms with van der Waals surface area (Å²) in [7, 11) is 0. The van der Waals surface area contributed by atoms with Crippen LogP contribution < -0.4 is 15.4 Å². The first kappa shape index (κ1) is 15.9. The number of carbonyl (C=O) groups excluding carboxylic acids is 1. The molecule has 3 aromatic rings. The average Bonchev–Trinajstić information content (AvgIpc) is 3.02. The molecule has 0 fully saturated rings. The highest BCUT2D eigenvalue weighted by atomic mass is 32.1. The van der Waals surface area contributed by atoms with Crippen molar-refractivity contribution in [1.82, 2.24) is 9.66 Å². The van der Waals surface area contributed by atoms with Gasteiger partial charge in [-0.05, 0) is 48.2 Å². The molecular formula is C16H12N3O4S-. The molecule has 8 heteroatoms. The molecule has 0 radical (unpaired) electrons. The molecule has 0 spiro atoms. The molecule has 2 aromatic heterocycles. The minimum atomic E-state index is -1.29. The van der Waals surface area contributed by atoms with Gasteiger partial charge in [0.2, 0.25) is 0 Å². The smallest absolute Gasteiger partial charge is 0.282 e. The highest BCUT2D eigenvalue weighted by Gasteiger charge is 2.07.